The Labute approximate surface area is 162 Å². The summed E-state index contributed by atoms with van der Waals surface area (Å²) in [7, 11) is 0. The molecule has 3 heterocycles. The van der Waals surface area contributed by atoms with E-state index in [9.17, 15) is 5.11 Å². The Kier molecular flexibility index (Phi) is 5.52. The van der Waals surface area contributed by atoms with Crippen LogP contribution in [-0.4, -0.2) is 56.5 Å². The van der Waals surface area contributed by atoms with Crippen LogP contribution in [0.3, 0.4) is 0 Å². The molecule has 1 aliphatic rings. The molecule has 2 atom stereocenters. The van der Waals surface area contributed by atoms with Gasteiger partial charge in [0.2, 0.25) is 0 Å². The number of fused-ring (bicyclic) bond motifs is 1. The number of aromatic nitrogens is 3. The number of hydrogen-bond donors (Lipinski definition) is 1. The van der Waals surface area contributed by atoms with Crippen molar-refractivity contribution in [1.82, 2.24) is 19.9 Å². The van der Waals surface area contributed by atoms with E-state index < -0.39 is 6.10 Å². The monoisotopic (exact) mass is 382 g/mol. The molecule has 0 radical (unpaired) electrons. The SMILES string of the molecule is CSc1ncc(CN2CC[C@@H](Oc3cccc4ncccc34)[C@H](O)C2)cn1. The number of benzene rings is 1. The summed E-state index contributed by atoms with van der Waals surface area (Å²) >= 11 is 1.53. The van der Waals surface area contributed by atoms with Crippen LogP contribution in [0.4, 0.5) is 0 Å². The van der Waals surface area contributed by atoms with Gasteiger partial charge in [0.1, 0.15) is 18.0 Å². The van der Waals surface area contributed by atoms with E-state index in [0.29, 0.717) is 6.54 Å². The highest BCUT2D eigenvalue weighted by atomic mass is 32.2. The first-order valence-electron chi connectivity index (χ1n) is 8.98. The number of nitrogens with zero attached hydrogens (tertiary/aromatic N) is 4. The molecule has 1 aromatic carbocycles. The van der Waals surface area contributed by atoms with E-state index in [1.807, 2.05) is 49.0 Å². The fourth-order valence-corrected chi connectivity index (χ4v) is 3.70. The van der Waals surface area contributed by atoms with E-state index in [1.165, 1.54) is 11.8 Å². The van der Waals surface area contributed by atoms with E-state index in [2.05, 4.69) is 19.9 Å². The normalized spacial score (nSPS) is 20.7. The first-order chi connectivity index (χ1) is 13.2. The molecule has 4 rings (SSSR count). The maximum Gasteiger partial charge on any atom is 0.187 e. The van der Waals surface area contributed by atoms with Gasteiger partial charge in [0.15, 0.2) is 5.16 Å². The zero-order chi connectivity index (χ0) is 18.6. The molecule has 6 nitrogen and oxygen atoms in total. The quantitative estimate of drug-likeness (QED) is 0.537. The molecular formula is C20H22N4O2S. The fraction of sp³-hybridized carbons (Fsp3) is 0.350. The number of β-amino-alcohol motifs (C(OH)–C–C–N with tert-alkyl or cyclic N) is 1. The third-order valence-corrected chi connectivity index (χ3v) is 5.33. The highest BCUT2D eigenvalue weighted by molar-refractivity contribution is 7.98. The van der Waals surface area contributed by atoms with Crippen LogP contribution in [0.25, 0.3) is 10.9 Å². The van der Waals surface area contributed by atoms with E-state index in [1.54, 1.807) is 6.20 Å². The van der Waals surface area contributed by atoms with Crippen LogP contribution < -0.4 is 4.74 Å². The van der Waals surface area contributed by atoms with Crippen molar-refractivity contribution in [2.45, 2.75) is 30.3 Å². The zero-order valence-electron chi connectivity index (χ0n) is 15.2. The van der Waals surface area contributed by atoms with E-state index in [-0.39, 0.29) is 6.10 Å². The topological polar surface area (TPSA) is 71.4 Å². The first-order valence-corrected chi connectivity index (χ1v) is 10.2. The van der Waals surface area contributed by atoms with Crippen LogP contribution in [0.5, 0.6) is 5.75 Å². The molecule has 140 valence electrons. The molecule has 1 fully saturated rings. The Bertz CT molecular complexity index is 901. The summed E-state index contributed by atoms with van der Waals surface area (Å²) in [5.74, 6) is 0.777. The number of ether oxygens (including phenoxy) is 1. The predicted molar refractivity (Wildman–Crippen MR) is 106 cm³/mol. The number of aliphatic hydroxyl groups is 1. The van der Waals surface area contributed by atoms with Crippen molar-refractivity contribution in [2.75, 3.05) is 19.3 Å². The number of thioether (sulfide) groups is 1. The lowest BCUT2D eigenvalue weighted by molar-refractivity contribution is -0.0269. The first kappa shape index (κ1) is 18.2. The van der Waals surface area contributed by atoms with Gasteiger partial charge in [-0.05, 0) is 36.9 Å². The Morgan fingerprint density at radius 1 is 1.19 bits per heavy atom. The molecule has 1 N–H and O–H groups in total. The highest BCUT2D eigenvalue weighted by Crippen LogP contribution is 2.27. The van der Waals surface area contributed by atoms with Crippen molar-refractivity contribution in [2.24, 2.45) is 0 Å². The summed E-state index contributed by atoms with van der Waals surface area (Å²) in [6, 6.07) is 9.74. The van der Waals surface area contributed by atoms with Crippen molar-refractivity contribution in [3.05, 3.63) is 54.5 Å². The van der Waals surface area contributed by atoms with Crippen LogP contribution in [0.2, 0.25) is 0 Å². The summed E-state index contributed by atoms with van der Waals surface area (Å²) in [6.07, 6.45) is 7.45. The number of aliphatic hydroxyl groups excluding tert-OH is 1. The molecule has 0 unspecified atom stereocenters. The Morgan fingerprint density at radius 3 is 2.81 bits per heavy atom. The van der Waals surface area contributed by atoms with Crippen molar-refractivity contribution < 1.29 is 9.84 Å². The molecule has 27 heavy (non-hydrogen) atoms. The maximum absolute atomic E-state index is 10.6. The Hall–Kier alpha value is -2.22. The number of likely N-dealkylation sites (tertiary alicyclic amines) is 1. The van der Waals surface area contributed by atoms with Crippen LogP contribution in [0.15, 0.2) is 54.1 Å². The maximum atomic E-state index is 10.6. The molecule has 0 amide bonds. The molecule has 0 spiro atoms. The van der Waals surface area contributed by atoms with Crippen molar-refractivity contribution in [3.8, 4) is 5.75 Å². The largest absolute Gasteiger partial charge is 0.487 e. The van der Waals surface area contributed by atoms with Crippen molar-refractivity contribution >= 4 is 22.7 Å². The lowest BCUT2D eigenvalue weighted by Crippen LogP contribution is -2.48. The van der Waals surface area contributed by atoms with Crippen LogP contribution in [0.1, 0.15) is 12.0 Å². The van der Waals surface area contributed by atoms with Gasteiger partial charge in [0.05, 0.1) is 5.52 Å². The zero-order valence-corrected chi connectivity index (χ0v) is 16.0. The van der Waals surface area contributed by atoms with Crippen LogP contribution in [-0.2, 0) is 6.54 Å². The van der Waals surface area contributed by atoms with Gasteiger partial charge < -0.3 is 9.84 Å². The lowest BCUT2D eigenvalue weighted by Gasteiger charge is -2.36. The molecule has 0 bridgehead atoms. The Balaban J connectivity index is 1.39. The standard InChI is InChI=1S/C20H22N4O2S/c1-27-20-22-10-14(11-23-20)12-24-9-7-19(17(25)13-24)26-18-6-2-5-16-15(18)4-3-8-21-16/h2-6,8,10-11,17,19,25H,7,9,12-13H2,1H3/t17-,19-/m1/s1. The minimum Gasteiger partial charge on any atom is -0.487 e. The van der Waals surface area contributed by atoms with Gasteiger partial charge >= 0.3 is 0 Å². The van der Waals surface area contributed by atoms with Gasteiger partial charge in [0, 0.05) is 49.2 Å². The van der Waals surface area contributed by atoms with Crippen molar-refractivity contribution in [3.63, 3.8) is 0 Å². The average Bonchev–Trinajstić information content (AvgIpc) is 2.71. The molecule has 0 aliphatic carbocycles. The minimum atomic E-state index is -0.544. The van der Waals surface area contributed by atoms with E-state index >= 15 is 0 Å². The summed E-state index contributed by atoms with van der Waals surface area (Å²) in [6.45, 7) is 2.16. The van der Waals surface area contributed by atoms with E-state index in [0.717, 1.165) is 46.9 Å². The van der Waals surface area contributed by atoms with Crippen LogP contribution >= 0.6 is 11.8 Å². The third-order valence-electron chi connectivity index (χ3n) is 4.76. The number of piperidine rings is 1. The molecule has 1 saturated heterocycles. The van der Waals surface area contributed by atoms with E-state index in [4.69, 9.17) is 4.74 Å². The minimum absolute atomic E-state index is 0.220. The summed E-state index contributed by atoms with van der Waals surface area (Å²) in [5.41, 5.74) is 1.95. The van der Waals surface area contributed by atoms with Gasteiger partial charge in [-0.2, -0.15) is 0 Å². The molecule has 3 aromatic rings. The smallest absolute Gasteiger partial charge is 0.187 e. The molecule has 1 aliphatic heterocycles. The number of rotatable bonds is 5. The lowest BCUT2D eigenvalue weighted by atomic mass is 10.0. The van der Waals surface area contributed by atoms with Gasteiger partial charge in [0.25, 0.3) is 0 Å². The highest BCUT2D eigenvalue weighted by Gasteiger charge is 2.29. The van der Waals surface area contributed by atoms with Gasteiger partial charge in [-0.1, -0.05) is 17.8 Å². The number of hydrogen-bond acceptors (Lipinski definition) is 7. The summed E-state index contributed by atoms with van der Waals surface area (Å²) in [4.78, 5) is 15.2. The molecule has 2 aromatic heterocycles. The predicted octanol–water partition coefficient (Wildman–Crippen LogP) is 2.76. The van der Waals surface area contributed by atoms with Crippen LogP contribution in [0, 0.1) is 0 Å². The summed E-state index contributed by atoms with van der Waals surface area (Å²) in [5, 5.41) is 12.4. The average molecular weight is 382 g/mol. The Morgan fingerprint density at radius 2 is 2.04 bits per heavy atom. The van der Waals surface area contributed by atoms with Gasteiger partial charge in [-0.3, -0.25) is 9.88 Å². The molecule has 0 saturated carbocycles. The second-order valence-electron chi connectivity index (χ2n) is 6.65. The number of pyridine rings is 1. The van der Waals surface area contributed by atoms with Gasteiger partial charge in [-0.15, -0.1) is 0 Å². The van der Waals surface area contributed by atoms with Gasteiger partial charge in [-0.25, -0.2) is 9.97 Å². The summed E-state index contributed by atoms with van der Waals surface area (Å²) < 4.78 is 6.17. The fourth-order valence-electron chi connectivity index (χ4n) is 3.39. The second-order valence-corrected chi connectivity index (χ2v) is 7.43. The molecule has 7 heteroatoms. The second kappa shape index (κ2) is 8.21. The molecular weight excluding hydrogens is 360 g/mol. The third kappa shape index (κ3) is 4.21. The van der Waals surface area contributed by atoms with Crippen molar-refractivity contribution in [1.29, 1.82) is 0 Å².